The van der Waals surface area contributed by atoms with Crippen LogP contribution in [0.1, 0.15) is 10.4 Å². The topological polar surface area (TPSA) is 118 Å². The van der Waals surface area contributed by atoms with Gasteiger partial charge >= 0.3 is 5.97 Å². The van der Waals surface area contributed by atoms with Gasteiger partial charge in [0, 0.05) is 5.56 Å². The van der Waals surface area contributed by atoms with E-state index in [2.05, 4.69) is 0 Å². The van der Waals surface area contributed by atoms with Crippen LogP contribution in [0.15, 0.2) is 30.3 Å². The largest absolute Gasteiger partial charge is 0.478 e. The average Bonchev–Trinajstić information content (AvgIpc) is 2.36. The van der Waals surface area contributed by atoms with Crippen LogP contribution in [-0.4, -0.2) is 49.8 Å². The van der Waals surface area contributed by atoms with Crippen molar-refractivity contribution in [2.75, 3.05) is 6.61 Å². The summed E-state index contributed by atoms with van der Waals surface area (Å²) in [4.78, 5) is 22.3. The summed E-state index contributed by atoms with van der Waals surface area (Å²) in [7, 11) is 0. The van der Waals surface area contributed by atoms with Gasteiger partial charge in [-0.05, 0) is 12.1 Å². The second kappa shape index (κ2) is 4.91. The number of benzene rings is 1. The lowest BCUT2D eigenvalue weighted by Crippen LogP contribution is -2.58. The van der Waals surface area contributed by atoms with Crippen LogP contribution in [0.5, 0.6) is 0 Å². The summed E-state index contributed by atoms with van der Waals surface area (Å²) >= 11 is 0. The number of hydrogen-bond acceptors (Lipinski definition) is 5. The summed E-state index contributed by atoms with van der Waals surface area (Å²) in [5.74, 6) is -3.07. The molecule has 1 aromatic carbocycles. The van der Waals surface area contributed by atoms with Crippen LogP contribution >= 0.6 is 0 Å². The number of carboxylic acid groups (broad SMARTS) is 1. The number of carboxylic acids is 1. The molecule has 1 amide bonds. The Balaban J connectivity index is 3.01. The van der Waals surface area contributed by atoms with E-state index < -0.39 is 29.3 Å². The van der Waals surface area contributed by atoms with Gasteiger partial charge in [0.15, 0.2) is 0 Å². The van der Waals surface area contributed by atoms with E-state index in [9.17, 15) is 19.9 Å². The summed E-state index contributed by atoms with van der Waals surface area (Å²) < 4.78 is 0. The molecule has 0 aliphatic heterocycles. The van der Waals surface area contributed by atoms with Crippen molar-refractivity contribution in [3.05, 3.63) is 35.9 Å². The third kappa shape index (κ3) is 2.41. The minimum atomic E-state index is -3.06. The first-order valence-electron chi connectivity index (χ1n) is 4.58. The van der Waals surface area contributed by atoms with Crippen LogP contribution in [-0.2, 0) is 4.79 Å². The fraction of sp³-hybridized carbons (Fsp3) is 0.200. The maximum atomic E-state index is 11.6. The molecule has 0 bridgehead atoms. The van der Waals surface area contributed by atoms with E-state index in [1.807, 2.05) is 0 Å². The van der Waals surface area contributed by atoms with Crippen LogP contribution in [0.3, 0.4) is 0 Å². The van der Waals surface area contributed by atoms with Crippen molar-refractivity contribution in [2.45, 2.75) is 5.72 Å². The standard InChI is InChI=1S/C10H11NO6/c12-6-10(16,9(14)15)11(17)8(13)7-4-2-1-3-5-7/h1-5,12,16-17H,6H2,(H,14,15). The predicted molar refractivity (Wildman–Crippen MR) is 54.1 cm³/mol. The van der Waals surface area contributed by atoms with Crippen molar-refractivity contribution in [3.8, 4) is 0 Å². The number of carbonyl (C=O) groups excluding carboxylic acids is 1. The molecular formula is C10H11NO6. The van der Waals surface area contributed by atoms with E-state index >= 15 is 0 Å². The van der Waals surface area contributed by atoms with Crippen molar-refractivity contribution < 1.29 is 30.1 Å². The molecule has 1 unspecified atom stereocenters. The van der Waals surface area contributed by atoms with E-state index in [-0.39, 0.29) is 5.56 Å². The maximum absolute atomic E-state index is 11.6. The highest BCUT2D eigenvalue weighted by atomic mass is 16.6. The van der Waals surface area contributed by atoms with Gasteiger partial charge in [-0.25, -0.2) is 4.79 Å². The normalized spacial score (nSPS) is 13.8. The van der Waals surface area contributed by atoms with Crippen molar-refractivity contribution >= 4 is 11.9 Å². The Bertz CT molecular complexity index is 420. The van der Waals surface area contributed by atoms with Crippen molar-refractivity contribution in [1.82, 2.24) is 5.06 Å². The van der Waals surface area contributed by atoms with Gasteiger partial charge in [-0.1, -0.05) is 18.2 Å². The maximum Gasteiger partial charge on any atom is 0.362 e. The first-order valence-corrected chi connectivity index (χ1v) is 4.58. The summed E-state index contributed by atoms with van der Waals surface area (Å²) in [6.07, 6.45) is 0. The number of rotatable bonds is 4. The number of aliphatic hydroxyl groups is 2. The number of aliphatic carboxylic acids is 1. The molecular weight excluding hydrogens is 230 g/mol. The summed E-state index contributed by atoms with van der Waals surface area (Å²) in [6, 6.07) is 7.27. The zero-order chi connectivity index (χ0) is 13.1. The molecule has 0 spiro atoms. The smallest absolute Gasteiger partial charge is 0.362 e. The van der Waals surface area contributed by atoms with E-state index in [1.165, 1.54) is 24.3 Å². The number of hydrogen-bond donors (Lipinski definition) is 4. The Kier molecular flexibility index (Phi) is 3.79. The highest BCUT2D eigenvalue weighted by molar-refractivity contribution is 5.96. The Labute approximate surface area is 96.1 Å². The van der Waals surface area contributed by atoms with Crippen LogP contribution in [0.4, 0.5) is 0 Å². The predicted octanol–water partition coefficient (Wildman–Crippen LogP) is -0.717. The molecule has 0 saturated heterocycles. The second-order valence-corrected chi connectivity index (χ2v) is 3.26. The quantitative estimate of drug-likeness (QED) is 0.314. The highest BCUT2D eigenvalue weighted by Gasteiger charge is 2.45. The molecule has 1 aromatic rings. The van der Waals surface area contributed by atoms with Gasteiger partial charge < -0.3 is 15.3 Å². The van der Waals surface area contributed by atoms with Crippen LogP contribution in [0.25, 0.3) is 0 Å². The third-order valence-corrected chi connectivity index (χ3v) is 2.13. The summed E-state index contributed by atoms with van der Waals surface area (Å²) in [5, 5.41) is 35.7. The zero-order valence-electron chi connectivity index (χ0n) is 8.65. The van der Waals surface area contributed by atoms with Gasteiger partial charge in [0.25, 0.3) is 11.6 Å². The van der Waals surface area contributed by atoms with Gasteiger partial charge in [-0.15, -0.1) is 0 Å². The highest BCUT2D eigenvalue weighted by Crippen LogP contribution is 2.13. The SMILES string of the molecule is O=C(c1ccccc1)N(O)C(O)(CO)C(=O)O. The third-order valence-electron chi connectivity index (χ3n) is 2.13. The van der Waals surface area contributed by atoms with Gasteiger partial charge in [0.1, 0.15) is 6.61 Å². The number of amides is 1. The molecule has 1 atom stereocenters. The molecule has 0 saturated carbocycles. The minimum absolute atomic E-state index is 0.0249. The van der Waals surface area contributed by atoms with Crippen LogP contribution in [0.2, 0.25) is 0 Å². The van der Waals surface area contributed by atoms with Gasteiger partial charge in [0.05, 0.1) is 0 Å². The second-order valence-electron chi connectivity index (χ2n) is 3.26. The van der Waals surface area contributed by atoms with Crippen molar-refractivity contribution in [1.29, 1.82) is 0 Å². The van der Waals surface area contributed by atoms with E-state index in [0.29, 0.717) is 0 Å². The molecule has 92 valence electrons. The summed E-state index contributed by atoms with van der Waals surface area (Å²) in [6.45, 7) is -1.34. The molecule has 7 heteroatoms. The van der Waals surface area contributed by atoms with Crippen molar-refractivity contribution in [3.63, 3.8) is 0 Å². The molecule has 4 N–H and O–H groups in total. The van der Waals surface area contributed by atoms with Gasteiger partial charge in [0.2, 0.25) is 0 Å². The molecule has 0 aliphatic rings. The van der Waals surface area contributed by atoms with E-state index in [1.54, 1.807) is 6.07 Å². The monoisotopic (exact) mass is 241 g/mol. The lowest BCUT2D eigenvalue weighted by Gasteiger charge is -2.29. The first kappa shape index (κ1) is 13.1. The lowest BCUT2D eigenvalue weighted by atomic mass is 10.1. The minimum Gasteiger partial charge on any atom is -0.478 e. The molecule has 0 fully saturated rings. The molecule has 0 aromatic heterocycles. The van der Waals surface area contributed by atoms with E-state index in [4.69, 9.17) is 10.2 Å². The van der Waals surface area contributed by atoms with E-state index in [0.717, 1.165) is 0 Å². The molecule has 1 rings (SSSR count). The molecule has 0 heterocycles. The summed E-state index contributed by atoms with van der Waals surface area (Å²) in [5.41, 5.74) is -3.09. The Morgan fingerprint density at radius 3 is 2.18 bits per heavy atom. The van der Waals surface area contributed by atoms with Crippen LogP contribution in [0, 0.1) is 0 Å². The lowest BCUT2D eigenvalue weighted by molar-refractivity contribution is -0.245. The molecule has 0 aliphatic carbocycles. The van der Waals surface area contributed by atoms with Gasteiger partial charge in [-0.2, -0.15) is 5.06 Å². The Morgan fingerprint density at radius 1 is 1.24 bits per heavy atom. The number of hydroxylamine groups is 2. The average molecular weight is 241 g/mol. The number of carbonyl (C=O) groups is 2. The van der Waals surface area contributed by atoms with Crippen LogP contribution < -0.4 is 0 Å². The van der Waals surface area contributed by atoms with Crippen molar-refractivity contribution in [2.24, 2.45) is 0 Å². The van der Waals surface area contributed by atoms with Gasteiger partial charge in [-0.3, -0.25) is 10.0 Å². The fourth-order valence-electron chi connectivity index (χ4n) is 1.10. The molecule has 7 nitrogen and oxygen atoms in total. The molecule has 0 radical (unpaired) electrons. The Hall–Kier alpha value is -1.96. The number of nitrogens with zero attached hydrogens (tertiary/aromatic N) is 1. The first-order chi connectivity index (χ1) is 7.93. The zero-order valence-corrected chi connectivity index (χ0v) is 8.65. The Morgan fingerprint density at radius 2 is 1.76 bits per heavy atom. The fourth-order valence-corrected chi connectivity index (χ4v) is 1.10. The molecule has 17 heavy (non-hydrogen) atoms. The number of aliphatic hydroxyl groups excluding tert-OH is 1.